The standard InChI is InChI=1S/C17H35N3/c1-14(2)12-16(5)18-8-10-20(7)11-9-19-17(6)13-15(3)4/h14-15H,8-13H2,1-7H3. The van der Waals surface area contributed by atoms with E-state index >= 15 is 0 Å². The summed E-state index contributed by atoms with van der Waals surface area (Å²) >= 11 is 0. The fraction of sp³-hybridized carbons (Fsp3) is 0.882. The predicted octanol–water partition coefficient (Wildman–Crippen LogP) is 3.93. The van der Waals surface area contributed by atoms with Gasteiger partial charge >= 0.3 is 0 Å². The van der Waals surface area contributed by atoms with Crippen molar-refractivity contribution < 1.29 is 0 Å². The maximum Gasteiger partial charge on any atom is 0.0515 e. The van der Waals surface area contributed by atoms with Gasteiger partial charge in [-0.05, 0) is 45.6 Å². The highest BCUT2D eigenvalue weighted by Crippen LogP contribution is 2.02. The van der Waals surface area contributed by atoms with Crippen LogP contribution in [0.15, 0.2) is 9.98 Å². The summed E-state index contributed by atoms with van der Waals surface area (Å²) in [7, 11) is 2.15. The summed E-state index contributed by atoms with van der Waals surface area (Å²) in [4.78, 5) is 11.6. The van der Waals surface area contributed by atoms with Crippen LogP contribution < -0.4 is 0 Å². The summed E-state index contributed by atoms with van der Waals surface area (Å²) in [5.41, 5.74) is 2.55. The van der Waals surface area contributed by atoms with Crippen LogP contribution in [0.25, 0.3) is 0 Å². The third-order valence-corrected chi connectivity index (χ3v) is 3.13. The molecule has 0 amide bonds. The summed E-state index contributed by atoms with van der Waals surface area (Å²) in [5.74, 6) is 1.41. The van der Waals surface area contributed by atoms with Gasteiger partial charge in [-0.1, -0.05) is 27.7 Å². The van der Waals surface area contributed by atoms with Crippen molar-refractivity contribution in [1.82, 2.24) is 4.90 Å². The van der Waals surface area contributed by atoms with Crippen LogP contribution in [0.5, 0.6) is 0 Å². The Morgan fingerprint density at radius 2 is 1.15 bits per heavy atom. The molecule has 3 nitrogen and oxygen atoms in total. The largest absolute Gasteiger partial charge is 0.303 e. The predicted molar refractivity (Wildman–Crippen MR) is 92.4 cm³/mol. The minimum Gasteiger partial charge on any atom is -0.303 e. The molecule has 0 aromatic carbocycles. The van der Waals surface area contributed by atoms with E-state index in [1.165, 1.54) is 11.4 Å². The number of nitrogens with zero attached hydrogens (tertiary/aromatic N) is 3. The maximum atomic E-state index is 4.63. The molecule has 0 rings (SSSR count). The van der Waals surface area contributed by atoms with Gasteiger partial charge in [0.05, 0.1) is 13.1 Å². The second-order valence-corrected chi connectivity index (χ2v) is 6.73. The lowest BCUT2D eigenvalue weighted by Crippen LogP contribution is -2.25. The molecule has 0 saturated carbocycles. The molecule has 0 aromatic rings. The highest BCUT2D eigenvalue weighted by atomic mass is 15.1. The van der Waals surface area contributed by atoms with Crippen LogP contribution in [0.4, 0.5) is 0 Å². The summed E-state index contributed by atoms with van der Waals surface area (Å²) < 4.78 is 0. The smallest absolute Gasteiger partial charge is 0.0515 e. The number of hydrogen-bond acceptors (Lipinski definition) is 3. The van der Waals surface area contributed by atoms with Crippen molar-refractivity contribution in [2.45, 2.75) is 54.4 Å². The Balaban J connectivity index is 3.81. The number of rotatable bonds is 10. The first-order valence-electron chi connectivity index (χ1n) is 7.99. The molecule has 0 aliphatic heterocycles. The van der Waals surface area contributed by atoms with Gasteiger partial charge in [-0.3, -0.25) is 9.98 Å². The molecule has 0 heterocycles. The van der Waals surface area contributed by atoms with E-state index < -0.39 is 0 Å². The van der Waals surface area contributed by atoms with Crippen molar-refractivity contribution >= 4 is 11.4 Å². The molecule has 0 N–H and O–H groups in total. The van der Waals surface area contributed by atoms with Gasteiger partial charge in [0.25, 0.3) is 0 Å². The normalized spacial score (nSPS) is 13.9. The fourth-order valence-corrected chi connectivity index (χ4v) is 2.25. The Bertz CT molecular complexity index is 273. The molecule has 3 heteroatoms. The highest BCUT2D eigenvalue weighted by molar-refractivity contribution is 5.82. The van der Waals surface area contributed by atoms with Crippen molar-refractivity contribution in [2.24, 2.45) is 21.8 Å². The first kappa shape index (κ1) is 19.3. The van der Waals surface area contributed by atoms with Crippen LogP contribution in [0, 0.1) is 11.8 Å². The Morgan fingerprint density at radius 1 is 0.800 bits per heavy atom. The molecule has 0 radical (unpaired) electrons. The molecule has 0 aliphatic rings. The Labute approximate surface area is 126 Å². The molecule has 0 spiro atoms. The zero-order valence-corrected chi connectivity index (χ0v) is 14.7. The Kier molecular flexibility index (Phi) is 10.6. The van der Waals surface area contributed by atoms with Crippen LogP contribution >= 0.6 is 0 Å². The first-order valence-corrected chi connectivity index (χ1v) is 7.99. The van der Waals surface area contributed by atoms with Crippen LogP contribution in [-0.4, -0.2) is 49.5 Å². The van der Waals surface area contributed by atoms with Crippen LogP contribution in [0.2, 0.25) is 0 Å². The SMILES string of the molecule is CC(CC(C)C)=NCCN(C)CCN=C(C)CC(C)C. The second kappa shape index (κ2) is 11.0. The lowest BCUT2D eigenvalue weighted by molar-refractivity contribution is 0.353. The summed E-state index contributed by atoms with van der Waals surface area (Å²) in [6, 6.07) is 0. The van der Waals surface area contributed by atoms with Crippen LogP contribution in [-0.2, 0) is 0 Å². The molecular formula is C17H35N3. The van der Waals surface area contributed by atoms with E-state index in [1.54, 1.807) is 0 Å². The molecule has 0 unspecified atom stereocenters. The molecule has 0 aliphatic carbocycles. The van der Waals surface area contributed by atoms with Gasteiger partial charge in [0.2, 0.25) is 0 Å². The van der Waals surface area contributed by atoms with Gasteiger partial charge < -0.3 is 4.90 Å². The van der Waals surface area contributed by atoms with Crippen LogP contribution in [0.3, 0.4) is 0 Å². The second-order valence-electron chi connectivity index (χ2n) is 6.73. The van der Waals surface area contributed by atoms with Gasteiger partial charge in [0, 0.05) is 24.5 Å². The Morgan fingerprint density at radius 3 is 1.45 bits per heavy atom. The third kappa shape index (κ3) is 12.3. The van der Waals surface area contributed by atoms with Gasteiger partial charge in [0.15, 0.2) is 0 Å². The van der Waals surface area contributed by atoms with Gasteiger partial charge in [-0.2, -0.15) is 0 Å². The van der Waals surface area contributed by atoms with E-state index in [4.69, 9.17) is 0 Å². The van der Waals surface area contributed by atoms with E-state index in [1.807, 2.05) is 0 Å². The third-order valence-electron chi connectivity index (χ3n) is 3.13. The monoisotopic (exact) mass is 281 g/mol. The van der Waals surface area contributed by atoms with E-state index in [0.717, 1.165) is 39.0 Å². The van der Waals surface area contributed by atoms with Crippen molar-refractivity contribution in [1.29, 1.82) is 0 Å². The van der Waals surface area contributed by atoms with Crippen LogP contribution in [0.1, 0.15) is 54.4 Å². The van der Waals surface area contributed by atoms with E-state index in [9.17, 15) is 0 Å². The zero-order valence-electron chi connectivity index (χ0n) is 14.7. The van der Waals surface area contributed by atoms with Gasteiger partial charge in [-0.25, -0.2) is 0 Å². The summed E-state index contributed by atoms with van der Waals surface area (Å²) in [6.45, 7) is 17.1. The fourth-order valence-electron chi connectivity index (χ4n) is 2.25. The number of aliphatic imine (C=N–C) groups is 2. The molecule has 118 valence electrons. The first-order chi connectivity index (χ1) is 9.31. The molecule has 20 heavy (non-hydrogen) atoms. The van der Waals surface area contributed by atoms with E-state index in [0.29, 0.717) is 11.8 Å². The van der Waals surface area contributed by atoms with Crippen molar-refractivity contribution in [2.75, 3.05) is 33.2 Å². The quantitative estimate of drug-likeness (QED) is 0.558. The van der Waals surface area contributed by atoms with Crippen molar-refractivity contribution in [3.8, 4) is 0 Å². The Hall–Kier alpha value is -0.700. The average Bonchev–Trinajstić information content (AvgIpc) is 2.26. The average molecular weight is 281 g/mol. The zero-order chi connectivity index (χ0) is 15.5. The topological polar surface area (TPSA) is 28.0 Å². The van der Waals surface area contributed by atoms with E-state index in [-0.39, 0.29) is 0 Å². The van der Waals surface area contributed by atoms with Gasteiger partial charge in [-0.15, -0.1) is 0 Å². The van der Waals surface area contributed by atoms with Gasteiger partial charge in [0.1, 0.15) is 0 Å². The molecule has 0 aromatic heterocycles. The molecular weight excluding hydrogens is 246 g/mol. The number of hydrogen-bond donors (Lipinski definition) is 0. The minimum absolute atomic E-state index is 0.703. The molecule has 0 atom stereocenters. The highest BCUT2D eigenvalue weighted by Gasteiger charge is 2.00. The molecule has 0 bridgehead atoms. The lowest BCUT2D eigenvalue weighted by atomic mass is 10.1. The van der Waals surface area contributed by atoms with E-state index in [2.05, 4.69) is 63.5 Å². The molecule has 0 fully saturated rings. The summed E-state index contributed by atoms with van der Waals surface area (Å²) in [6.07, 6.45) is 2.23. The summed E-state index contributed by atoms with van der Waals surface area (Å²) in [5, 5.41) is 0. The lowest BCUT2D eigenvalue weighted by Gasteiger charge is -2.14. The number of likely N-dealkylation sites (N-methyl/N-ethyl adjacent to an activating group) is 1. The molecule has 0 saturated heterocycles. The van der Waals surface area contributed by atoms with Crippen molar-refractivity contribution in [3.63, 3.8) is 0 Å². The maximum absolute atomic E-state index is 4.63. The van der Waals surface area contributed by atoms with Crippen molar-refractivity contribution in [3.05, 3.63) is 0 Å². The minimum atomic E-state index is 0.703.